The van der Waals surface area contributed by atoms with Crippen LogP contribution in [0.4, 0.5) is 0 Å². The Morgan fingerprint density at radius 1 is 1.30 bits per heavy atom. The van der Waals surface area contributed by atoms with Crippen LogP contribution in [0.3, 0.4) is 0 Å². The monoisotopic (exact) mass is 386 g/mol. The molecule has 1 aliphatic carbocycles. The number of ether oxygens (including phenoxy) is 1. The Bertz CT molecular complexity index is 848. The van der Waals surface area contributed by atoms with E-state index in [1.54, 1.807) is 5.38 Å². The van der Waals surface area contributed by atoms with E-state index in [4.69, 9.17) is 4.74 Å². The van der Waals surface area contributed by atoms with Crippen LogP contribution in [0.5, 0.6) is 5.75 Å². The van der Waals surface area contributed by atoms with E-state index in [-0.39, 0.29) is 11.8 Å². The number of hydrogen-bond donors (Lipinski definition) is 1. The molecule has 4 rings (SSSR count). The molecule has 0 bridgehead atoms. The first-order chi connectivity index (χ1) is 13.1. The number of thiazole rings is 1. The highest BCUT2D eigenvalue weighted by Crippen LogP contribution is 2.42. The van der Waals surface area contributed by atoms with Gasteiger partial charge in [0.05, 0.1) is 6.61 Å². The predicted octanol–water partition coefficient (Wildman–Crippen LogP) is 3.53. The number of hydrogen-bond acceptors (Lipinski definition) is 5. The molecule has 2 fully saturated rings. The van der Waals surface area contributed by atoms with Gasteiger partial charge in [-0.25, -0.2) is 9.78 Å². The highest BCUT2D eigenvalue weighted by molar-refractivity contribution is 7.13. The Morgan fingerprint density at radius 2 is 2.07 bits per heavy atom. The maximum atomic E-state index is 13.0. The number of carbonyl (C=O) groups excluding carboxylic acids is 1. The summed E-state index contributed by atoms with van der Waals surface area (Å²) >= 11 is 1.39. The van der Waals surface area contributed by atoms with Crippen LogP contribution in [0.15, 0.2) is 29.6 Å². The molecule has 2 aromatic rings. The van der Waals surface area contributed by atoms with Crippen molar-refractivity contribution in [2.24, 2.45) is 11.8 Å². The van der Waals surface area contributed by atoms with E-state index in [1.807, 2.05) is 31.2 Å². The quantitative estimate of drug-likeness (QED) is 0.850. The number of rotatable bonds is 5. The number of carboxylic acids is 1. The van der Waals surface area contributed by atoms with E-state index >= 15 is 0 Å². The highest BCUT2D eigenvalue weighted by atomic mass is 32.1. The number of carboxylic acid groups (broad SMARTS) is 1. The lowest BCUT2D eigenvalue weighted by molar-refractivity contribution is -0.142. The first kappa shape index (κ1) is 18.0. The summed E-state index contributed by atoms with van der Waals surface area (Å²) in [5, 5.41) is 12.1. The van der Waals surface area contributed by atoms with Gasteiger partial charge in [0.25, 0.3) is 5.91 Å². The molecule has 1 saturated heterocycles. The van der Waals surface area contributed by atoms with Gasteiger partial charge in [-0.1, -0.05) is 6.42 Å². The van der Waals surface area contributed by atoms with E-state index < -0.39 is 12.0 Å². The number of aromatic nitrogens is 1. The van der Waals surface area contributed by atoms with Gasteiger partial charge in [-0.05, 0) is 55.9 Å². The molecule has 1 N–H and O–H groups in total. The van der Waals surface area contributed by atoms with E-state index in [9.17, 15) is 14.7 Å². The summed E-state index contributed by atoms with van der Waals surface area (Å²) in [5.74, 6) is 0.00176. The number of benzene rings is 1. The SMILES string of the molecule is CCOc1ccc(-c2nc(C(=O)N3CC4CCCC4C3C(=O)O)cs2)cc1. The topological polar surface area (TPSA) is 79.7 Å². The van der Waals surface area contributed by atoms with Crippen molar-refractivity contribution in [3.05, 3.63) is 35.3 Å². The van der Waals surface area contributed by atoms with E-state index in [0.29, 0.717) is 24.8 Å². The molecule has 1 aromatic carbocycles. The normalized spacial score (nSPS) is 24.0. The second-order valence-electron chi connectivity index (χ2n) is 7.09. The van der Waals surface area contributed by atoms with E-state index in [2.05, 4.69) is 4.98 Å². The molecule has 2 aliphatic rings. The zero-order valence-electron chi connectivity index (χ0n) is 15.1. The first-order valence-electron chi connectivity index (χ1n) is 9.31. The molecular weight excluding hydrogens is 364 g/mol. The molecule has 6 nitrogen and oxygen atoms in total. The third-order valence-corrected chi connectivity index (χ3v) is 6.43. The fourth-order valence-electron chi connectivity index (χ4n) is 4.34. The van der Waals surface area contributed by atoms with Gasteiger partial charge >= 0.3 is 5.97 Å². The van der Waals surface area contributed by atoms with Gasteiger partial charge in [0.15, 0.2) is 0 Å². The van der Waals surface area contributed by atoms with Crippen LogP contribution in [0.2, 0.25) is 0 Å². The third-order valence-electron chi connectivity index (χ3n) is 5.54. The number of carbonyl (C=O) groups is 2. The maximum absolute atomic E-state index is 13.0. The zero-order valence-corrected chi connectivity index (χ0v) is 15.9. The summed E-state index contributed by atoms with van der Waals surface area (Å²) in [6, 6.07) is 6.87. The summed E-state index contributed by atoms with van der Waals surface area (Å²) < 4.78 is 5.44. The van der Waals surface area contributed by atoms with Crippen LogP contribution < -0.4 is 4.74 Å². The van der Waals surface area contributed by atoms with Crippen LogP contribution in [0.25, 0.3) is 10.6 Å². The van der Waals surface area contributed by atoms with Crippen LogP contribution in [0.1, 0.15) is 36.7 Å². The fourth-order valence-corrected chi connectivity index (χ4v) is 5.14. The van der Waals surface area contributed by atoms with Crippen molar-refractivity contribution in [1.29, 1.82) is 0 Å². The van der Waals surface area contributed by atoms with E-state index in [0.717, 1.165) is 35.6 Å². The average molecular weight is 386 g/mol. The van der Waals surface area contributed by atoms with Gasteiger partial charge in [-0.2, -0.15) is 0 Å². The van der Waals surface area contributed by atoms with Crippen molar-refractivity contribution < 1.29 is 19.4 Å². The van der Waals surface area contributed by atoms with Gasteiger partial charge in [0, 0.05) is 17.5 Å². The average Bonchev–Trinajstić information content (AvgIpc) is 3.37. The van der Waals surface area contributed by atoms with Crippen molar-refractivity contribution in [1.82, 2.24) is 9.88 Å². The lowest BCUT2D eigenvalue weighted by Crippen LogP contribution is -2.43. The largest absolute Gasteiger partial charge is 0.494 e. The smallest absolute Gasteiger partial charge is 0.326 e. The minimum absolute atomic E-state index is 0.0793. The van der Waals surface area contributed by atoms with Crippen LogP contribution >= 0.6 is 11.3 Å². The van der Waals surface area contributed by atoms with Gasteiger partial charge < -0.3 is 14.7 Å². The predicted molar refractivity (Wildman–Crippen MR) is 102 cm³/mol. The fraction of sp³-hybridized carbons (Fsp3) is 0.450. The number of nitrogens with zero attached hydrogens (tertiary/aromatic N) is 2. The molecule has 0 spiro atoms. The third kappa shape index (κ3) is 3.32. The van der Waals surface area contributed by atoms with Gasteiger partial charge in [0.2, 0.25) is 0 Å². The molecule has 3 unspecified atom stereocenters. The molecule has 142 valence electrons. The van der Waals surface area contributed by atoms with Gasteiger partial charge in [-0.3, -0.25) is 4.79 Å². The molecule has 3 atom stereocenters. The highest BCUT2D eigenvalue weighted by Gasteiger charge is 2.49. The number of fused-ring (bicyclic) bond motifs is 1. The van der Waals surface area contributed by atoms with Gasteiger partial charge in [0.1, 0.15) is 22.5 Å². The molecular formula is C20H22N2O4S. The molecule has 1 amide bonds. The van der Waals surface area contributed by atoms with Crippen LogP contribution in [0, 0.1) is 11.8 Å². The van der Waals surface area contributed by atoms with Gasteiger partial charge in [-0.15, -0.1) is 11.3 Å². The second kappa shape index (κ2) is 7.31. The Kier molecular flexibility index (Phi) is 4.86. The first-order valence-corrected chi connectivity index (χ1v) is 10.2. The minimum Gasteiger partial charge on any atom is -0.494 e. The summed E-state index contributed by atoms with van der Waals surface area (Å²) in [7, 11) is 0. The maximum Gasteiger partial charge on any atom is 0.326 e. The standard InChI is InChI=1S/C20H22N2O4S/c1-2-26-14-8-6-12(7-9-14)18-21-16(11-27-18)19(23)22-10-13-4-3-5-15(13)17(22)20(24)25/h6-9,11,13,15,17H,2-5,10H2,1H3,(H,24,25). The van der Waals surface area contributed by atoms with Crippen LogP contribution in [-0.4, -0.2) is 46.1 Å². The molecule has 1 saturated carbocycles. The Balaban J connectivity index is 1.54. The lowest BCUT2D eigenvalue weighted by atomic mass is 9.94. The number of likely N-dealkylation sites (tertiary alicyclic amines) is 1. The molecule has 1 aliphatic heterocycles. The van der Waals surface area contributed by atoms with Crippen molar-refractivity contribution in [2.45, 2.75) is 32.2 Å². The Labute approximate surface area is 161 Å². The Morgan fingerprint density at radius 3 is 2.78 bits per heavy atom. The summed E-state index contributed by atoms with van der Waals surface area (Å²) in [6.07, 6.45) is 2.95. The minimum atomic E-state index is -0.903. The lowest BCUT2D eigenvalue weighted by Gasteiger charge is -2.23. The number of amides is 1. The van der Waals surface area contributed by atoms with Crippen molar-refractivity contribution in [3.63, 3.8) is 0 Å². The molecule has 7 heteroatoms. The Hall–Kier alpha value is -2.41. The van der Waals surface area contributed by atoms with E-state index in [1.165, 1.54) is 16.2 Å². The van der Waals surface area contributed by atoms with Crippen molar-refractivity contribution >= 4 is 23.2 Å². The zero-order chi connectivity index (χ0) is 19.0. The van der Waals surface area contributed by atoms with Crippen molar-refractivity contribution in [2.75, 3.05) is 13.2 Å². The summed E-state index contributed by atoms with van der Waals surface area (Å²) in [5.41, 5.74) is 1.24. The molecule has 1 aromatic heterocycles. The summed E-state index contributed by atoms with van der Waals surface area (Å²) in [6.45, 7) is 3.07. The molecule has 0 radical (unpaired) electrons. The van der Waals surface area contributed by atoms with Crippen molar-refractivity contribution in [3.8, 4) is 16.3 Å². The molecule has 2 heterocycles. The number of aliphatic carboxylic acids is 1. The molecule has 27 heavy (non-hydrogen) atoms. The second-order valence-corrected chi connectivity index (χ2v) is 7.95. The summed E-state index contributed by atoms with van der Waals surface area (Å²) in [4.78, 5) is 30.7. The van der Waals surface area contributed by atoms with Crippen LogP contribution in [-0.2, 0) is 4.79 Å².